The highest BCUT2D eigenvalue weighted by Gasteiger charge is 2.50. The van der Waals surface area contributed by atoms with Gasteiger partial charge in [-0.3, -0.25) is 14.4 Å². The van der Waals surface area contributed by atoms with Crippen LogP contribution >= 0.6 is 0 Å². The number of aromatic nitrogens is 2. The van der Waals surface area contributed by atoms with Crippen LogP contribution in [0.25, 0.3) is 0 Å². The number of epoxide rings is 1. The number of carbonyl (C=O) groups is 3. The lowest BCUT2D eigenvalue weighted by atomic mass is 9.94. The average molecular weight is 477 g/mol. The molecule has 182 valence electrons. The molecule has 4 rings (SSSR count). The van der Waals surface area contributed by atoms with Crippen LogP contribution in [0.15, 0.2) is 67.1 Å². The highest BCUT2D eigenvalue weighted by Crippen LogP contribution is 2.29. The summed E-state index contributed by atoms with van der Waals surface area (Å²) < 4.78 is 10.6. The van der Waals surface area contributed by atoms with E-state index in [2.05, 4.69) is 20.6 Å². The summed E-state index contributed by atoms with van der Waals surface area (Å²) in [6, 6.07) is 14.9. The Bertz CT molecular complexity index is 1160. The lowest BCUT2D eigenvalue weighted by Gasteiger charge is -2.24. The number of methoxy groups -OCH3 is 1. The van der Waals surface area contributed by atoms with E-state index in [0.717, 1.165) is 11.1 Å². The van der Waals surface area contributed by atoms with Crippen LogP contribution in [0.1, 0.15) is 28.5 Å². The molecule has 1 aliphatic heterocycles. The minimum atomic E-state index is -0.932. The Labute approximate surface area is 203 Å². The molecule has 3 unspecified atom stereocenters. The summed E-state index contributed by atoms with van der Waals surface area (Å²) in [5.41, 5.74) is 1.05. The molecule has 1 aliphatic rings. The fourth-order valence-electron chi connectivity index (χ4n) is 3.77. The van der Waals surface area contributed by atoms with E-state index in [0.29, 0.717) is 18.8 Å². The zero-order valence-electron chi connectivity index (χ0n) is 19.6. The molecule has 0 saturated carbocycles. The maximum Gasteiger partial charge on any atom is 0.270 e. The van der Waals surface area contributed by atoms with Crippen molar-refractivity contribution in [1.82, 2.24) is 20.6 Å². The monoisotopic (exact) mass is 476 g/mol. The average Bonchev–Trinajstić information content (AvgIpc) is 3.39. The summed E-state index contributed by atoms with van der Waals surface area (Å²) in [5, 5.41) is 5.63. The van der Waals surface area contributed by atoms with E-state index in [1.165, 1.54) is 12.5 Å². The molecule has 3 aromatic rings. The van der Waals surface area contributed by atoms with Crippen LogP contribution in [0.4, 0.5) is 0 Å². The highest BCUT2D eigenvalue weighted by molar-refractivity contribution is 5.99. The van der Waals surface area contributed by atoms with Gasteiger partial charge in [0.05, 0.1) is 32.3 Å². The second-order valence-electron chi connectivity index (χ2n) is 8.68. The van der Waals surface area contributed by atoms with Crippen LogP contribution in [-0.2, 0) is 27.2 Å². The van der Waals surface area contributed by atoms with Crippen LogP contribution in [0.2, 0.25) is 0 Å². The van der Waals surface area contributed by atoms with Gasteiger partial charge in [0, 0.05) is 6.42 Å². The van der Waals surface area contributed by atoms with Gasteiger partial charge in [0.25, 0.3) is 5.91 Å². The zero-order chi connectivity index (χ0) is 24.8. The van der Waals surface area contributed by atoms with E-state index in [4.69, 9.17) is 9.47 Å². The molecule has 3 atom stereocenters. The van der Waals surface area contributed by atoms with Crippen LogP contribution < -0.4 is 15.4 Å². The molecule has 2 heterocycles. The van der Waals surface area contributed by atoms with E-state index < -0.39 is 29.5 Å². The second kappa shape index (κ2) is 10.5. The number of nitrogens with one attached hydrogen (secondary N) is 3. The molecule has 9 heteroatoms. The second-order valence-corrected chi connectivity index (χ2v) is 8.68. The van der Waals surface area contributed by atoms with E-state index in [1.54, 1.807) is 26.2 Å². The summed E-state index contributed by atoms with van der Waals surface area (Å²) in [5.74, 6) is -0.452. The maximum absolute atomic E-state index is 13.5. The molecule has 0 aliphatic carbocycles. The first-order chi connectivity index (χ1) is 16.9. The van der Waals surface area contributed by atoms with Crippen molar-refractivity contribution >= 4 is 17.6 Å². The summed E-state index contributed by atoms with van der Waals surface area (Å²) in [6.45, 7) is 2.03. The topological polar surface area (TPSA) is 126 Å². The van der Waals surface area contributed by atoms with Gasteiger partial charge in [0.15, 0.2) is 5.78 Å². The number of nitrogens with zero attached hydrogens (tertiary/aromatic N) is 1. The minimum absolute atomic E-state index is 0.196. The Morgan fingerprint density at radius 3 is 2.29 bits per heavy atom. The summed E-state index contributed by atoms with van der Waals surface area (Å²) >= 11 is 0. The van der Waals surface area contributed by atoms with Crippen LogP contribution in [0, 0.1) is 0 Å². The molecule has 0 radical (unpaired) electrons. The maximum atomic E-state index is 13.5. The van der Waals surface area contributed by atoms with Gasteiger partial charge in [0.2, 0.25) is 5.91 Å². The summed E-state index contributed by atoms with van der Waals surface area (Å²) in [7, 11) is 1.57. The Kier molecular flexibility index (Phi) is 7.26. The van der Waals surface area contributed by atoms with Gasteiger partial charge in [-0.15, -0.1) is 0 Å². The van der Waals surface area contributed by atoms with Gasteiger partial charge < -0.3 is 25.1 Å². The van der Waals surface area contributed by atoms with Crippen molar-refractivity contribution < 1.29 is 23.9 Å². The third-order valence-electron chi connectivity index (χ3n) is 5.98. The van der Waals surface area contributed by atoms with Gasteiger partial charge in [-0.25, -0.2) is 4.98 Å². The van der Waals surface area contributed by atoms with Gasteiger partial charge >= 0.3 is 0 Å². The Morgan fingerprint density at radius 1 is 1.03 bits per heavy atom. The first kappa shape index (κ1) is 24.2. The van der Waals surface area contributed by atoms with Crippen molar-refractivity contribution in [1.29, 1.82) is 0 Å². The highest BCUT2D eigenvalue weighted by atomic mass is 16.6. The Hall–Kier alpha value is -3.98. The fraction of sp³-hybridized carbons (Fsp3) is 0.308. The van der Waals surface area contributed by atoms with Gasteiger partial charge in [0.1, 0.15) is 23.1 Å². The van der Waals surface area contributed by atoms with Crippen molar-refractivity contribution in [2.24, 2.45) is 0 Å². The molecule has 3 N–H and O–H groups in total. The SMILES string of the molecule is COc1ccc(CC(NC(=O)c2cnc[nH]2)C(=O)NC(Cc2ccccc2)C(=O)C2(C)CO2)cc1. The number of ketones is 1. The molecule has 1 saturated heterocycles. The Morgan fingerprint density at radius 2 is 1.69 bits per heavy atom. The molecule has 0 bridgehead atoms. The van der Waals surface area contributed by atoms with Crippen LogP contribution in [0.3, 0.4) is 0 Å². The molecule has 2 amide bonds. The zero-order valence-corrected chi connectivity index (χ0v) is 19.6. The molecule has 1 aromatic heterocycles. The number of hydrogen-bond donors (Lipinski definition) is 3. The number of aromatic amines is 1. The van der Waals surface area contributed by atoms with Gasteiger partial charge in [-0.2, -0.15) is 0 Å². The molecule has 2 aromatic carbocycles. The number of Topliss-reactive ketones (excluding diaryl/α,β-unsaturated/α-hetero) is 1. The number of H-pyrrole nitrogens is 1. The lowest BCUT2D eigenvalue weighted by molar-refractivity contribution is -0.131. The predicted molar refractivity (Wildman–Crippen MR) is 128 cm³/mol. The Balaban J connectivity index is 1.54. The number of benzene rings is 2. The largest absolute Gasteiger partial charge is 0.497 e. The van der Waals surface area contributed by atoms with E-state index in [9.17, 15) is 14.4 Å². The lowest BCUT2D eigenvalue weighted by Crippen LogP contribution is -2.54. The molecular formula is C26H28N4O5. The van der Waals surface area contributed by atoms with E-state index in [1.807, 2.05) is 42.5 Å². The minimum Gasteiger partial charge on any atom is -0.497 e. The third kappa shape index (κ3) is 6.13. The fourth-order valence-corrected chi connectivity index (χ4v) is 3.77. The molecular weight excluding hydrogens is 448 g/mol. The van der Waals surface area contributed by atoms with Crippen molar-refractivity contribution in [3.8, 4) is 5.75 Å². The number of carbonyl (C=O) groups excluding carboxylic acids is 3. The number of ether oxygens (including phenoxy) is 2. The quantitative estimate of drug-likeness (QED) is 0.363. The number of amides is 2. The van der Waals surface area contributed by atoms with Crippen molar-refractivity contribution in [2.75, 3.05) is 13.7 Å². The van der Waals surface area contributed by atoms with Crippen LogP contribution in [-0.4, -0.2) is 59.0 Å². The molecule has 9 nitrogen and oxygen atoms in total. The van der Waals surface area contributed by atoms with Crippen molar-refractivity contribution in [3.05, 3.63) is 83.9 Å². The van der Waals surface area contributed by atoms with Gasteiger partial charge in [-0.1, -0.05) is 42.5 Å². The number of hydrogen-bond acceptors (Lipinski definition) is 6. The van der Waals surface area contributed by atoms with E-state index in [-0.39, 0.29) is 17.9 Å². The van der Waals surface area contributed by atoms with Crippen molar-refractivity contribution in [2.45, 2.75) is 37.5 Å². The first-order valence-corrected chi connectivity index (χ1v) is 11.3. The summed E-state index contributed by atoms with van der Waals surface area (Å²) in [4.78, 5) is 46.0. The molecule has 35 heavy (non-hydrogen) atoms. The molecule has 1 fully saturated rings. The predicted octanol–water partition coefficient (Wildman–Crippen LogP) is 1.84. The first-order valence-electron chi connectivity index (χ1n) is 11.3. The van der Waals surface area contributed by atoms with E-state index >= 15 is 0 Å². The normalized spacial score (nSPS) is 18.2. The van der Waals surface area contributed by atoms with Crippen LogP contribution in [0.5, 0.6) is 5.75 Å². The number of imidazole rings is 1. The van der Waals surface area contributed by atoms with Crippen molar-refractivity contribution in [3.63, 3.8) is 0 Å². The molecule has 0 spiro atoms. The standard InChI is InChI=1S/C26H28N4O5/c1-26(15-35-26)23(31)20(12-17-6-4-3-5-7-17)29-24(32)21(30-25(33)22-14-27-16-28-22)13-18-8-10-19(34-2)11-9-18/h3-11,14,16,20-21H,12-13,15H2,1-2H3,(H,27,28)(H,29,32)(H,30,33). The third-order valence-corrected chi connectivity index (χ3v) is 5.98. The number of rotatable bonds is 11. The summed E-state index contributed by atoms with van der Waals surface area (Å²) in [6.07, 6.45) is 3.30. The van der Waals surface area contributed by atoms with Gasteiger partial charge in [-0.05, 0) is 36.6 Å². The smallest absolute Gasteiger partial charge is 0.270 e.